The number of aliphatic hydroxyl groups excluding tert-OH is 8. The van der Waals surface area contributed by atoms with Crippen molar-refractivity contribution in [3.8, 4) is 23.0 Å². The summed E-state index contributed by atoms with van der Waals surface area (Å²) < 4.78 is 38.0. The Balaban J connectivity index is 1.26. The van der Waals surface area contributed by atoms with Gasteiger partial charge in [-0.15, -0.1) is 0 Å². The fourth-order valence-corrected chi connectivity index (χ4v) is 6.16. The average molecular weight is 790 g/mol. The van der Waals surface area contributed by atoms with Crippen LogP contribution in [-0.2, 0) is 28.5 Å². The van der Waals surface area contributed by atoms with Crippen molar-refractivity contribution in [2.45, 2.75) is 67.5 Å². The van der Waals surface area contributed by atoms with Gasteiger partial charge in [0.05, 0.1) is 30.9 Å². The molecule has 11 atom stereocenters. The molecule has 19 nitrogen and oxygen atoms in total. The molecule has 2 aromatic rings. The third-order valence-corrected chi connectivity index (χ3v) is 9.26. The van der Waals surface area contributed by atoms with Gasteiger partial charge in [0.2, 0.25) is 24.4 Å². The molecule has 2 fully saturated rings. The summed E-state index contributed by atoms with van der Waals surface area (Å²) in [5.74, 6) is -2.61. The molecule has 0 radical (unpaired) electrons. The number of phenolic OH excluding ortho intramolecular Hbond substituents is 3. The van der Waals surface area contributed by atoms with Crippen LogP contribution in [0.5, 0.6) is 23.0 Å². The first kappa shape index (κ1) is 40.3. The molecule has 4 aliphatic rings. The van der Waals surface area contributed by atoms with Crippen LogP contribution in [0.25, 0.3) is 11.8 Å². The highest BCUT2D eigenvalue weighted by molar-refractivity contribution is 5.87. The van der Waals surface area contributed by atoms with Crippen LogP contribution in [0, 0.1) is 0 Å². The van der Waals surface area contributed by atoms with Crippen molar-refractivity contribution in [3.63, 3.8) is 0 Å². The first-order valence-electron chi connectivity index (χ1n) is 17.1. The lowest BCUT2D eigenvalue weighted by molar-refractivity contribution is -0.292. The Morgan fingerprint density at radius 1 is 0.786 bits per heavy atom. The maximum atomic E-state index is 12.6. The summed E-state index contributed by atoms with van der Waals surface area (Å²) in [6.07, 6.45) is -11.9. The second-order valence-electron chi connectivity index (χ2n) is 13.0. The summed E-state index contributed by atoms with van der Waals surface area (Å²) in [6, 6.07) is 8.02. The highest BCUT2D eigenvalue weighted by atomic mass is 16.7. The lowest BCUT2D eigenvalue weighted by Gasteiger charge is -2.41. The molecule has 6 rings (SSSR count). The van der Waals surface area contributed by atoms with Gasteiger partial charge < -0.3 is 89.3 Å². The Hall–Kier alpha value is -5.35. The number of benzene rings is 2. The van der Waals surface area contributed by atoms with Gasteiger partial charge in [0, 0.05) is 24.3 Å². The smallest absolute Gasteiger partial charge is 0.330 e. The molecule has 2 aromatic carbocycles. The second-order valence-corrected chi connectivity index (χ2v) is 13.0. The third-order valence-electron chi connectivity index (χ3n) is 9.26. The minimum atomic E-state index is -1.91. The molecule has 0 spiro atoms. The number of ether oxygens (including phenoxy) is 7. The van der Waals surface area contributed by atoms with Gasteiger partial charge in [-0.1, -0.05) is 6.07 Å². The number of fused-ring (bicyclic) bond motifs is 1. The molecule has 3 aliphatic heterocycles. The van der Waals surface area contributed by atoms with Gasteiger partial charge in [0.15, 0.2) is 23.0 Å². The van der Waals surface area contributed by atoms with E-state index in [9.17, 15) is 61.0 Å². The molecule has 0 bridgehead atoms. The van der Waals surface area contributed by atoms with E-state index >= 15 is 0 Å². The van der Waals surface area contributed by atoms with Crippen LogP contribution in [0.2, 0.25) is 0 Å². The monoisotopic (exact) mass is 789 g/mol. The number of hydrogen-bond donors (Lipinski definition) is 11. The van der Waals surface area contributed by atoms with E-state index in [2.05, 4.69) is 4.74 Å². The summed E-state index contributed by atoms with van der Waals surface area (Å²) in [4.78, 5) is 12.6. The van der Waals surface area contributed by atoms with E-state index in [1.807, 2.05) is 0 Å². The van der Waals surface area contributed by atoms with Gasteiger partial charge >= 0.3 is 11.7 Å². The molecule has 11 unspecified atom stereocenters. The van der Waals surface area contributed by atoms with Crippen molar-refractivity contribution >= 4 is 17.8 Å². The second kappa shape index (κ2) is 16.8. The predicted octanol–water partition coefficient (Wildman–Crippen LogP) is -1.45. The van der Waals surface area contributed by atoms with Gasteiger partial charge in [-0.3, -0.25) is 0 Å². The number of carbonyl (C=O) groups excluding carboxylic acids is 1. The molecular weight excluding hydrogens is 748 g/mol. The highest BCUT2D eigenvalue weighted by Crippen LogP contribution is 2.40. The number of hydrogen-bond acceptors (Lipinski definition) is 18. The maximum Gasteiger partial charge on any atom is 0.330 e. The van der Waals surface area contributed by atoms with E-state index in [4.69, 9.17) is 28.4 Å². The number of rotatable bonds is 11. The highest BCUT2D eigenvalue weighted by Gasteiger charge is 2.48. The molecule has 1 aliphatic carbocycles. The van der Waals surface area contributed by atoms with Crippen LogP contribution in [0.4, 0.5) is 0 Å². The summed E-state index contributed by atoms with van der Waals surface area (Å²) in [6.45, 7) is -1.36. The number of allylic oxidation sites excluding steroid dienone is 2. The zero-order chi connectivity index (χ0) is 40.4. The first-order chi connectivity index (χ1) is 26.7. The van der Waals surface area contributed by atoms with E-state index in [0.29, 0.717) is 5.56 Å². The molecular formula is C37H41O19+. The summed E-state index contributed by atoms with van der Waals surface area (Å²) >= 11 is 0. The molecule has 12 N–H and O–H groups in total. The van der Waals surface area contributed by atoms with Crippen molar-refractivity contribution in [1.29, 1.82) is 0 Å². The van der Waals surface area contributed by atoms with Gasteiger partial charge in [-0.05, 0) is 35.9 Å². The van der Waals surface area contributed by atoms with Crippen molar-refractivity contribution in [2.24, 2.45) is 0 Å². The molecule has 0 saturated carbocycles. The molecule has 302 valence electrons. The molecule has 56 heavy (non-hydrogen) atoms. The van der Waals surface area contributed by atoms with Crippen LogP contribution in [-0.4, -0.2) is 155 Å². The van der Waals surface area contributed by atoms with Crippen LogP contribution >= 0.6 is 0 Å². The fourth-order valence-electron chi connectivity index (χ4n) is 6.16. The minimum absolute atomic E-state index is 0.0393. The molecule has 0 amide bonds. The molecule has 0 aromatic heterocycles. The van der Waals surface area contributed by atoms with Crippen molar-refractivity contribution in [3.05, 3.63) is 94.7 Å². The van der Waals surface area contributed by atoms with E-state index in [0.717, 1.165) is 24.3 Å². The number of phenols is 3. The zero-order valence-corrected chi connectivity index (χ0v) is 29.3. The van der Waals surface area contributed by atoms with E-state index < -0.39 is 98.2 Å². The van der Waals surface area contributed by atoms with Gasteiger partial charge in [-0.2, -0.15) is 0 Å². The zero-order valence-electron chi connectivity index (χ0n) is 29.3. The first-order valence-corrected chi connectivity index (χ1v) is 17.1. The summed E-state index contributed by atoms with van der Waals surface area (Å²) in [7, 11) is 1.36. The topological polar surface area (TPSA) is 308 Å². The van der Waals surface area contributed by atoms with Crippen molar-refractivity contribution in [1.82, 2.24) is 0 Å². The van der Waals surface area contributed by atoms with Crippen LogP contribution in [0.15, 0.2) is 83.6 Å². The van der Waals surface area contributed by atoms with Crippen LogP contribution in [0.1, 0.15) is 11.1 Å². The molecule has 2 saturated heterocycles. The predicted molar refractivity (Wildman–Crippen MR) is 187 cm³/mol. The van der Waals surface area contributed by atoms with Crippen molar-refractivity contribution < 1.29 is 94.1 Å². The Morgan fingerprint density at radius 3 is 2.12 bits per heavy atom. The SMILES string of the molecule is COc1cc(C=CC(=O)OCC2OC(OC3=C(c4ccc(O)c(O)c4)[OH+]C4C=C(O)C=C(OC5OC(CO)C(O)C(O)C5O)C4=C3)C(O)C(O)C2O)ccc1O. The number of aromatic hydroxyl groups is 3. The third kappa shape index (κ3) is 8.40. The van der Waals surface area contributed by atoms with Crippen molar-refractivity contribution in [2.75, 3.05) is 20.3 Å². The number of methoxy groups -OCH3 is 1. The Kier molecular flexibility index (Phi) is 12.1. The maximum absolute atomic E-state index is 12.6. The summed E-state index contributed by atoms with van der Waals surface area (Å²) in [5, 5.41) is 114. The average Bonchev–Trinajstić information content (AvgIpc) is 3.18. The fraction of sp³-hybridized carbons (Fsp3) is 0.378. The van der Waals surface area contributed by atoms with Gasteiger partial charge in [0.1, 0.15) is 67.0 Å². The minimum Gasteiger partial charge on any atom is -0.571 e. The largest absolute Gasteiger partial charge is 0.571 e. The Labute approximate surface area is 317 Å². The summed E-state index contributed by atoms with van der Waals surface area (Å²) in [5.41, 5.74) is 0.771. The van der Waals surface area contributed by atoms with E-state index in [-0.39, 0.29) is 45.7 Å². The number of carbonyl (C=O) groups is 1. The van der Waals surface area contributed by atoms with Gasteiger partial charge in [0.25, 0.3) is 0 Å². The Morgan fingerprint density at radius 2 is 1.45 bits per heavy atom. The molecule has 3 heterocycles. The number of esters is 1. The normalized spacial score (nSPS) is 31.7. The lowest BCUT2D eigenvalue weighted by atomic mass is 9.96. The standard InChI is InChI=1S/C37H40O19/c1-50-24-8-15(2-5-20(24)41)3-7-28(43)51-14-27-30(45)32(47)34(49)37(56-27)54-25-12-18-22(52-35(25)16-4-6-19(40)21(42)9-16)10-17(39)11-23(18)53-36-33(48)31(46)29(44)26(13-38)55-36/h2-12,22,26-27,29-34,36-42,44-49H,13-14H2,1H3/p+1. The van der Waals surface area contributed by atoms with Gasteiger partial charge in [-0.25, -0.2) is 4.79 Å². The van der Waals surface area contributed by atoms with E-state index in [1.165, 1.54) is 49.6 Å². The quantitative estimate of drug-likeness (QED) is 0.0537. The Bertz CT molecular complexity index is 1930. The van der Waals surface area contributed by atoms with Crippen LogP contribution in [0.3, 0.4) is 0 Å². The molecule has 19 heteroatoms. The number of aliphatic hydroxyl groups is 10. The van der Waals surface area contributed by atoms with E-state index in [1.54, 1.807) is 0 Å². The van der Waals surface area contributed by atoms with Crippen LogP contribution < -0.4 is 4.74 Å². The lowest BCUT2D eigenvalue weighted by Crippen LogP contribution is -2.59.